The Balaban J connectivity index is 1.84. The summed E-state index contributed by atoms with van der Waals surface area (Å²) in [7, 11) is 0. The predicted octanol–water partition coefficient (Wildman–Crippen LogP) is 0.944. The molecule has 1 amide bonds. The molecule has 0 fully saturated rings. The highest BCUT2D eigenvalue weighted by molar-refractivity contribution is 5.80. The smallest absolute Gasteiger partial charge is 0.280 e. The number of hydrogen-bond donors (Lipinski definition) is 2. The molecule has 1 atom stereocenters. The van der Waals surface area contributed by atoms with Gasteiger partial charge in [0.2, 0.25) is 5.52 Å². The number of nitrogens with one attached hydrogen (secondary N) is 1. The van der Waals surface area contributed by atoms with E-state index in [9.17, 15) is 4.79 Å². The van der Waals surface area contributed by atoms with Gasteiger partial charge >= 0.3 is 0 Å². The summed E-state index contributed by atoms with van der Waals surface area (Å²) in [5.41, 5.74) is 8.75. The zero-order chi connectivity index (χ0) is 15.4. The summed E-state index contributed by atoms with van der Waals surface area (Å²) in [6.45, 7) is 0.681. The third-order valence-electron chi connectivity index (χ3n) is 3.82. The average Bonchev–Trinajstić information content (AvgIpc) is 2.56. The standard InChI is InChI=1S/C18H17N3O/c19-18(22)17(14-6-2-1-3-7-14)21-12-15-9-4-8-13-10-5-11-20-16(13)15/h1-11,17,21H,12H2,(H2,19,22)/p+2. The molecule has 3 aromatic rings. The van der Waals surface area contributed by atoms with E-state index in [-0.39, 0.29) is 11.9 Å². The van der Waals surface area contributed by atoms with E-state index in [0.717, 1.165) is 22.0 Å². The molecule has 1 aromatic heterocycles. The van der Waals surface area contributed by atoms with Crippen molar-refractivity contribution >= 4 is 16.8 Å². The zero-order valence-electron chi connectivity index (χ0n) is 12.2. The van der Waals surface area contributed by atoms with Crippen molar-refractivity contribution in [1.29, 1.82) is 0 Å². The van der Waals surface area contributed by atoms with E-state index in [2.05, 4.69) is 23.2 Å². The number of benzene rings is 2. The molecular weight excluding hydrogens is 274 g/mol. The molecule has 22 heavy (non-hydrogen) atoms. The second-order valence-corrected chi connectivity index (χ2v) is 5.28. The van der Waals surface area contributed by atoms with E-state index in [1.54, 1.807) is 0 Å². The van der Waals surface area contributed by atoms with Crippen LogP contribution in [0.5, 0.6) is 0 Å². The minimum Gasteiger partial charge on any atom is -0.364 e. The molecule has 0 aliphatic rings. The van der Waals surface area contributed by atoms with E-state index in [1.807, 2.05) is 54.0 Å². The molecule has 0 spiro atoms. The Morgan fingerprint density at radius 1 is 1.05 bits per heavy atom. The van der Waals surface area contributed by atoms with Crippen LogP contribution in [0.2, 0.25) is 0 Å². The van der Waals surface area contributed by atoms with Crippen LogP contribution in [0.4, 0.5) is 0 Å². The first-order chi connectivity index (χ1) is 10.8. The lowest BCUT2D eigenvalue weighted by Gasteiger charge is -2.12. The molecule has 110 valence electrons. The number of carbonyl (C=O) groups excluding carboxylic acids is 1. The minimum atomic E-state index is -0.375. The van der Waals surface area contributed by atoms with Gasteiger partial charge in [0.05, 0.1) is 5.56 Å². The summed E-state index contributed by atoms with van der Waals surface area (Å²) in [5.74, 6) is -0.324. The number of hydrogen-bond acceptors (Lipinski definition) is 1. The lowest BCUT2D eigenvalue weighted by molar-refractivity contribution is -0.698. The Bertz CT molecular complexity index is 781. The average molecular weight is 293 g/mol. The summed E-state index contributed by atoms with van der Waals surface area (Å²) >= 11 is 0. The molecular formula is C18H19N3O+2. The zero-order valence-corrected chi connectivity index (χ0v) is 12.2. The van der Waals surface area contributed by atoms with Crippen LogP contribution in [0.1, 0.15) is 17.2 Å². The van der Waals surface area contributed by atoms with Crippen molar-refractivity contribution in [3.63, 3.8) is 0 Å². The third-order valence-corrected chi connectivity index (χ3v) is 3.82. The number of pyridine rings is 1. The second kappa shape index (κ2) is 6.37. The predicted molar refractivity (Wildman–Crippen MR) is 84.5 cm³/mol. The van der Waals surface area contributed by atoms with Crippen molar-refractivity contribution in [3.8, 4) is 0 Å². The first kappa shape index (κ1) is 14.2. The first-order valence-corrected chi connectivity index (χ1v) is 7.31. The van der Waals surface area contributed by atoms with Gasteiger partial charge in [0.15, 0.2) is 12.2 Å². The van der Waals surface area contributed by atoms with Gasteiger partial charge in [-0.15, -0.1) is 0 Å². The normalized spacial score (nSPS) is 12.2. The molecule has 0 radical (unpaired) electrons. The van der Waals surface area contributed by atoms with Gasteiger partial charge in [0.1, 0.15) is 6.54 Å². The van der Waals surface area contributed by atoms with Crippen LogP contribution in [0.3, 0.4) is 0 Å². The van der Waals surface area contributed by atoms with E-state index in [4.69, 9.17) is 5.73 Å². The number of H-pyrrole nitrogens is 1. The highest BCUT2D eigenvalue weighted by Crippen LogP contribution is 2.13. The van der Waals surface area contributed by atoms with Gasteiger partial charge in [0, 0.05) is 17.0 Å². The number of para-hydroxylation sites is 1. The number of amides is 1. The Morgan fingerprint density at radius 2 is 1.82 bits per heavy atom. The maximum Gasteiger partial charge on any atom is 0.280 e. The Hall–Kier alpha value is -2.72. The number of carbonyl (C=O) groups is 1. The number of rotatable bonds is 5. The number of fused-ring (bicyclic) bond motifs is 1. The quantitative estimate of drug-likeness (QED) is 0.722. The molecule has 1 heterocycles. The summed E-state index contributed by atoms with van der Waals surface area (Å²) in [6.07, 6.45) is 1.91. The Kier molecular flexibility index (Phi) is 4.12. The lowest BCUT2D eigenvalue weighted by Crippen LogP contribution is -2.86. The van der Waals surface area contributed by atoms with Crippen LogP contribution in [-0.2, 0) is 11.3 Å². The topological polar surface area (TPSA) is 73.8 Å². The Morgan fingerprint density at radius 3 is 2.59 bits per heavy atom. The number of aromatic nitrogens is 1. The van der Waals surface area contributed by atoms with Crippen LogP contribution < -0.4 is 16.0 Å². The van der Waals surface area contributed by atoms with Crippen molar-refractivity contribution in [2.24, 2.45) is 5.73 Å². The number of quaternary nitrogens is 1. The molecule has 4 heteroatoms. The number of primary amides is 1. The molecule has 2 aromatic carbocycles. The van der Waals surface area contributed by atoms with Gasteiger partial charge in [0.25, 0.3) is 5.91 Å². The largest absolute Gasteiger partial charge is 0.364 e. The van der Waals surface area contributed by atoms with Gasteiger partial charge in [-0.1, -0.05) is 36.4 Å². The first-order valence-electron chi connectivity index (χ1n) is 7.31. The summed E-state index contributed by atoms with van der Waals surface area (Å²) < 4.78 is 0. The summed E-state index contributed by atoms with van der Waals surface area (Å²) in [4.78, 5) is 15.0. The molecule has 3 rings (SSSR count). The van der Waals surface area contributed by atoms with Gasteiger partial charge in [-0.25, -0.2) is 4.98 Å². The fraction of sp³-hybridized carbons (Fsp3) is 0.111. The molecule has 0 aliphatic heterocycles. The Labute approximate surface area is 129 Å². The van der Waals surface area contributed by atoms with Gasteiger partial charge in [-0.3, -0.25) is 4.79 Å². The maximum atomic E-state index is 11.8. The van der Waals surface area contributed by atoms with Crippen molar-refractivity contribution < 1.29 is 15.1 Å². The maximum absolute atomic E-state index is 11.8. The van der Waals surface area contributed by atoms with Crippen molar-refractivity contribution in [1.82, 2.24) is 0 Å². The SMILES string of the molecule is NC(=O)C([NH2+]Cc1cccc2ccc[nH+]c12)c1ccccc1. The highest BCUT2D eigenvalue weighted by atomic mass is 16.1. The van der Waals surface area contributed by atoms with Crippen LogP contribution in [0.25, 0.3) is 10.9 Å². The molecule has 4 nitrogen and oxygen atoms in total. The minimum absolute atomic E-state index is 0.324. The fourth-order valence-corrected chi connectivity index (χ4v) is 2.71. The van der Waals surface area contributed by atoms with Crippen LogP contribution >= 0.6 is 0 Å². The van der Waals surface area contributed by atoms with Gasteiger partial charge in [-0.05, 0) is 18.2 Å². The van der Waals surface area contributed by atoms with E-state index in [0.29, 0.717) is 6.54 Å². The molecule has 0 aliphatic carbocycles. The second-order valence-electron chi connectivity index (χ2n) is 5.28. The van der Waals surface area contributed by atoms with Crippen LogP contribution in [0, 0.1) is 0 Å². The van der Waals surface area contributed by atoms with E-state index < -0.39 is 0 Å². The monoisotopic (exact) mass is 293 g/mol. The lowest BCUT2D eigenvalue weighted by atomic mass is 10.1. The molecule has 0 bridgehead atoms. The highest BCUT2D eigenvalue weighted by Gasteiger charge is 2.21. The number of nitrogens with two attached hydrogens (primary N) is 2. The van der Waals surface area contributed by atoms with E-state index >= 15 is 0 Å². The summed E-state index contributed by atoms with van der Waals surface area (Å²) in [5, 5.41) is 3.14. The molecule has 0 saturated heterocycles. The number of aromatic amines is 1. The summed E-state index contributed by atoms with van der Waals surface area (Å²) in [6, 6.07) is 19.5. The molecule has 0 saturated carbocycles. The van der Waals surface area contributed by atoms with Crippen molar-refractivity contribution in [2.45, 2.75) is 12.6 Å². The van der Waals surface area contributed by atoms with Gasteiger partial charge in [-0.2, -0.15) is 0 Å². The fourth-order valence-electron chi connectivity index (χ4n) is 2.71. The van der Waals surface area contributed by atoms with Gasteiger partial charge < -0.3 is 11.1 Å². The van der Waals surface area contributed by atoms with Crippen LogP contribution in [0.15, 0.2) is 66.9 Å². The van der Waals surface area contributed by atoms with E-state index in [1.165, 1.54) is 0 Å². The van der Waals surface area contributed by atoms with Crippen molar-refractivity contribution in [2.75, 3.05) is 0 Å². The molecule has 5 N–H and O–H groups in total. The molecule has 1 unspecified atom stereocenters. The van der Waals surface area contributed by atoms with Crippen LogP contribution in [-0.4, -0.2) is 5.91 Å². The van der Waals surface area contributed by atoms with Crippen molar-refractivity contribution in [3.05, 3.63) is 78.0 Å². The third kappa shape index (κ3) is 2.97.